The molecule has 2 atom stereocenters. The van der Waals surface area contributed by atoms with Crippen molar-refractivity contribution in [2.75, 3.05) is 24.5 Å². The molecule has 0 spiro atoms. The van der Waals surface area contributed by atoms with Crippen LogP contribution in [0.25, 0.3) is 32.7 Å². The van der Waals surface area contributed by atoms with E-state index in [4.69, 9.17) is 4.98 Å². The summed E-state index contributed by atoms with van der Waals surface area (Å²) in [6.45, 7) is 3.21. The highest BCUT2D eigenvalue weighted by Crippen LogP contribution is 2.39. The summed E-state index contributed by atoms with van der Waals surface area (Å²) < 4.78 is 0.982. The van der Waals surface area contributed by atoms with Crippen LogP contribution < -0.4 is 10.2 Å². The normalized spacial score (nSPS) is 21.2. The van der Waals surface area contributed by atoms with Crippen LogP contribution in [0.2, 0.25) is 0 Å². The number of nitrogens with zero attached hydrogens (tertiary/aromatic N) is 5. The lowest BCUT2D eigenvalue weighted by Gasteiger charge is -2.50. The lowest BCUT2D eigenvalue weighted by atomic mass is 9.84. The van der Waals surface area contributed by atoms with Crippen LogP contribution in [-0.4, -0.2) is 56.2 Å². The van der Waals surface area contributed by atoms with Crippen molar-refractivity contribution < 1.29 is 5.11 Å². The predicted octanol–water partition coefficient (Wildman–Crippen LogP) is 2.65. The molecular formula is C20H19N7OS. The molecule has 4 aromatic rings. The molecule has 2 saturated heterocycles. The highest BCUT2D eigenvalue weighted by molar-refractivity contribution is 7.22. The summed E-state index contributed by atoms with van der Waals surface area (Å²) in [5.41, 5.74) is 3.77. The van der Waals surface area contributed by atoms with Gasteiger partial charge in [0.05, 0.1) is 16.6 Å². The van der Waals surface area contributed by atoms with E-state index in [0.29, 0.717) is 22.9 Å². The third-order valence-corrected chi connectivity index (χ3v) is 6.94. The summed E-state index contributed by atoms with van der Waals surface area (Å²) in [5.74, 6) is 0.941. The molecule has 3 aromatic heterocycles. The number of H-pyrrole nitrogens is 1. The Morgan fingerprint density at radius 3 is 2.97 bits per heavy atom. The van der Waals surface area contributed by atoms with Crippen LogP contribution in [0.3, 0.4) is 0 Å². The Bertz CT molecular complexity index is 1190. The van der Waals surface area contributed by atoms with E-state index >= 15 is 0 Å². The molecule has 0 bridgehead atoms. The number of thiazole rings is 1. The van der Waals surface area contributed by atoms with E-state index in [0.717, 1.165) is 46.5 Å². The van der Waals surface area contributed by atoms with Gasteiger partial charge in [-0.3, -0.25) is 5.10 Å². The zero-order valence-electron chi connectivity index (χ0n) is 15.5. The first-order valence-electron chi connectivity index (χ1n) is 9.70. The topological polar surface area (TPSA) is 103 Å². The molecular weight excluding hydrogens is 386 g/mol. The van der Waals surface area contributed by atoms with Crippen molar-refractivity contribution in [3.8, 4) is 28.1 Å². The summed E-state index contributed by atoms with van der Waals surface area (Å²) >= 11 is 1.64. The number of rotatable bonds is 3. The third-order valence-electron chi connectivity index (χ3n) is 5.92. The number of nitrogens with one attached hydrogen (secondary N) is 2. The van der Waals surface area contributed by atoms with Gasteiger partial charge in [0.2, 0.25) is 0 Å². The molecule has 3 N–H and O–H groups in total. The Morgan fingerprint density at radius 1 is 1.17 bits per heavy atom. The zero-order valence-corrected chi connectivity index (χ0v) is 16.4. The fourth-order valence-electron chi connectivity index (χ4n) is 4.27. The Labute approximate surface area is 170 Å². The van der Waals surface area contributed by atoms with Crippen molar-refractivity contribution in [2.45, 2.75) is 12.5 Å². The molecule has 1 aromatic carbocycles. The quantitative estimate of drug-likeness (QED) is 0.481. The minimum Gasteiger partial charge on any atom is -0.507 e. The number of benzene rings is 1. The number of hydrogen-bond donors (Lipinski definition) is 3. The SMILES string of the molecule is Oc1cc(-c2cn[nH]c2)ccc1-c1cc2sc(N3C[C@H]4CCNC[C@H]43)nc2nn1. The largest absolute Gasteiger partial charge is 0.507 e. The molecule has 0 amide bonds. The predicted molar refractivity (Wildman–Crippen MR) is 112 cm³/mol. The van der Waals surface area contributed by atoms with Gasteiger partial charge in [-0.05, 0) is 42.6 Å². The van der Waals surface area contributed by atoms with E-state index in [2.05, 4.69) is 30.6 Å². The molecule has 5 heterocycles. The van der Waals surface area contributed by atoms with E-state index in [1.54, 1.807) is 29.8 Å². The van der Waals surface area contributed by atoms with Gasteiger partial charge in [-0.2, -0.15) is 10.1 Å². The third kappa shape index (κ3) is 2.77. The summed E-state index contributed by atoms with van der Waals surface area (Å²) in [6.07, 6.45) is 4.76. The molecule has 146 valence electrons. The Morgan fingerprint density at radius 2 is 2.14 bits per heavy atom. The smallest absolute Gasteiger partial charge is 0.194 e. The van der Waals surface area contributed by atoms with Crippen LogP contribution in [0.15, 0.2) is 36.7 Å². The first kappa shape index (κ1) is 16.9. The van der Waals surface area contributed by atoms with Crippen molar-refractivity contribution in [2.24, 2.45) is 5.92 Å². The van der Waals surface area contributed by atoms with E-state index in [1.807, 2.05) is 18.2 Å². The number of aromatic amines is 1. The lowest BCUT2D eigenvalue weighted by Crippen LogP contribution is -2.63. The van der Waals surface area contributed by atoms with Gasteiger partial charge in [0.25, 0.3) is 0 Å². The number of aromatic hydroxyl groups is 1. The Hall–Kier alpha value is -3.04. The number of fused-ring (bicyclic) bond motifs is 2. The number of phenolic OH excluding ortho intramolecular Hbond substituents is 1. The fourth-order valence-corrected chi connectivity index (χ4v) is 5.27. The van der Waals surface area contributed by atoms with Crippen molar-refractivity contribution in [3.63, 3.8) is 0 Å². The van der Waals surface area contributed by atoms with E-state index in [-0.39, 0.29) is 5.75 Å². The lowest BCUT2D eigenvalue weighted by molar-refractivity contribution is 0.229. The Balaban J connectivity index is 1.32. The zero-order chi connectivity index (χ0) is 19.4. The number of phenols is 1. The van der Waals surface area contributed by atoms with Crippen LogP contribution in [0.1, 0.15) is 6.42 Å². The average Bonchev–Trinajstić information content (AvgIpc) is 3.38. The maximum Gasteiger partial charge on any atom is 0.194 e. The molecule has 0 unspecified atom stereocenters. The maximum absolute atomic E-state index is 10.6. The van der Waals surface area contributed by atoms with Crippen LogP contribution in [0.4, 0.5) is 5.13 Å². The summed E-state index contributed by atoms with van der Waals surface area (Å²) in [5, 5.41) is 30.4. The monoisotopic (exact) mass is 405 g/mol. The molecule has 9 heteroatoms. The van der Waals surface area contributed by atoms with Gasteiger partial charge in [0, 0.05) is 36.5 Å². The van der Waals surface area contributed by atoms with Gasteiger partial charge >= 0.3 is 0 Å². The van der Waals surface area contributed by atoms with E-state index in [1.165, 1.54) is 6.42 Å². The number of aromatic nitrogens is 5. The van der Waals surface area contributed by atoms with Gasteiger partial charge in [0.15, 0.2) is 10.8 Å². The van der Waals surface area contributed by atoms with Crippen LogP contribution in [0.5, 0.6) is 5.75 Å². The van der Waals surface area contributed by atoms with Gasteiger partial charge in [-0.1, -0.05) is 17.4 Å². The van der Waals surface area contributed by atoms with Crippen molar-refractivity contribution in [1.29, 1.82) is 0 Å². The molecule has 0 saturated carbocycles. The standard InChI is InChI=1S/C20H19N7OS/c28-17-5-11(13-7-22-23-8-13)1-2-14(17)15-6-18-19(26-25-15)24-20(29-18)27-10-12-3-4-21-9-16(12)27/h1-2,5-8,12,16,21,28H,3-4,9-10H2,(H,22,23)/t12-,16-/m1/s1. The minimum absolute atomic E-state index is 0.168. The van der Waals surface area contributed by atoms with Gasteiger partial charge < -0.3 is 15.3 Å². The van der Waals surface area contributed by atoms with Crippen LogP contribution >= 0.6 is 11.3 Å². The molecule has 2 aliphatic heterocycles. The molecule has 0 aliphatic carbocycles. The summed E-state index contributed by atoms with van der Waals surface area (Å²) in [6, 6.07) is 8.03. The summed E-state index contributed by atoms with van der Waals surface area (Å²) in [7, 11) is 0. The maximum atomic E-state index is 10.6. The first-order chi connectivity index (χ1) is 14.3. The molecule has 6 rings (SSSR count). The second kappa shape index (κ2) is 6.50. The number of anilines is 1. The molecule has 29 heavy (non-hydrogen) atoms. The van der Waals surface area contributed by atoms with E-state index < -0.39 is 0 Å². The van der Waals surface area contributed by atoms with Gasteiger partial charge in [-0.25, -0.2) is 0 Å². The molecule has 0 radical (unpaired) electrons. The van der Waals surface area contributed by atoms with Crippen LogP contribution in [0, 0.1) is 5.92 Å². The van der Waals surface area contributed by atoms with Crippen LogP contribution in [-0.2, 0) is 0 Å². The van der Waals surface area contributed by atoms with Crippen molar-refractivity contribution >= 4 is 26.8 Å². The van der Waals surface area contributed by atoms with Gasteiger partial charge in [-0.15, -0.1) is 10.2 Å². The summed E-state index contributed by atoms with van der Waals surface area (Å²) in [4.78, 5) is 7.08. The first-order valence-corrected chi connectivity index (χ1v) is 10.5. The number of piperidine rings is 1. The minimum atomic E-state index is 0.168. The molecule has 2 fully saturated rings. The number of hydrogen-bond acceptors (Lipinski definition) is 8. The van der Waals surface area contributed by atoms with E-state index in [9.17, 15) is 5.11 Å². The second-order valence-corrected chi connectivity index (χ2v) is 8.61. The van der Waals surface area contributed by atoms with Gasteiger partial charge in [0.1, 0.15) is 5.75 Å². The highest BCUT2D eigenvalue weighted by Gasteiger charge is 2.41. The van der Waals surface area contributed by atoms with Crippen molar-refractivity contribution in [3.05, 3.63) is 36.7 Å². The Kier molecular flexibility index (Phi) is 3.78. The second-order valence-electron chi connectivity index (χ2n) is 7.61. The molecule has 2 aliphatic rings. The molecule has 8 nitrogen and oxygen atoms in total. The highest BCUT2D eigenvalue weighted by atomic mass is 32.1. The fraction of sp³-hybridized carbons (Fsp3) is 0.300. The van der Waals surface area contributed by atoms with Crippen molar-refractivity contribution in [1.82, 2.24) is 30.7 Å². The average molecular weight is 405 g/mol.